The van der Waals surface area contributed by atoms with E-state index in [4.69, 9.17) is 0 Å². The van der Waals surface area contributed by atoms with Gasteiger partial charge in [0, 0.05) is 37.8 Å². The van der Waals surface area contributed by atoms with Crippen molar-refractivity contribution >= 4 is 24.8 Å². The molecule has 3 nitrogen and oxygen atoms in total. The molecule has 0 saturated carbocycles. The SMILES string of the molecule is C=C(C)C[C@H](c1ccccc1OC(F)(F)C(F)F)N1CCNCC1.Cl.Cl. The van der Waals surface area contributed by atoms with Gasteiger partial charge in [0.1, 0.15) is 5.75 Å². The number of halogens is 6. The number of nitrogens with one attached hydrogen (secondary N) is 1. The van der Waals surface area contributed by atoms with Crippen molar-refractivity contribution in [1.82, 2.24) is 10.2 Å². The van der Waals surface area contributed by atoms with E-state index >= 15 is 0 Å². The smallest absolute Gasteiger partial charge is 0.428 e. The molecule has 150 valence electrons. The Kier molecular flexibility index (Phi) is 10.5. The van der Waals surface area contributed by atoms with Crippen LogP contribution >= 0.6 is 24.8 Å². The largest absolute Gasteiger partial charge is 0.461 e. The van der Waals surface area contributed by atoms with Gasteiger partial charge in [-0.05, 0) is 19.4 Å². The molecule has 1 N–H and O–H groups in total. The summed E-state index contributed by atoms with van der Waals surface area (Å²) in [5, 5.41) is 3.23. The molecule has 1 heterocycles. The third kappa shape index (κ3) is 6.61. The molecule has 0 radical (unpaired) electrons. The van der Waals surface area contributed by atoms with E-state index in [0.29, 0.717) is 12.0 Å². The second-order valence-electron chi connectivity index (χ2n) is 5.97. The Morgan fingerprint density at radius 1 is 1.23 bits per heavy atom. The minimum Gasteiger partial charge on any atom is -0.428 e. The highest BCUT2D eigenvalue weighted by atomic mass is 35.5. The molecular formula is C17H24Cl2F4N2O. The maximum atomic E-state index is 13.4. The maximum Gasteiger partial charge on any atom is 0.461 e. The molecule has 0 aromatic heterocycles. The first-order valence-electron chi connectivity index (χ1n) is 7.84. The van der Waals surface area contributed by atoms with Crippen LogP contribution < -0.4 is 10.1 Å². The van der Waals surface area contributed by atoms with Gasteiger partial charge in [0.25, 0.3) is 0 Å². The van der Waals surface area contributed by atoms with Gasteiger partial charge in [0.15, 0.2) is 0 Å². The molecule has 0 spiro atoms. The fourth-order valence-electron chi connectivity index (χ4n) is 2.80. The number of para-hydroxylation sites is 1. The summed E-state index contributed by atoms with van der Waals surface area (Å²) in [5.41, 5.74) is 1.36. The van der Waals surface area contributed by atoms with E-state index in [-0.39, 0.29) is 36.6 Å². The highest BCUT2D eigenvalue weighted by molar-refractivity contribution is 5.85. The third-order valence-electron chi connectivity index (χ3n) is 3.91. The number of hydrogen-bond donors (Lipinski definition) is 1. The number of piperazine rings is 1. The predicted molar refractivity (Wildman–Crippen MR) is 99.1 cm³/mol. The molecule has 1 aromatic carbocycles. The molecular weight excluding hydrogens is 395 g/mol. The summed E-state index contributed by atoms with van der Waals surface area (Å²) in [6.07, 6.45) is -7.86. The summed E-state index contributed by atoms with van der Waals surface area (Å²) in [5.74, 6) is -0.215. The van der Waals surface area contributed by atoms with E-state index in [1.54, 1.807) is 12.1 Å². The first-order chi connectivity index (χ1) is 11.3. The minimum absolute atomic E-state index is 0. The van der Waals surface area contributed by atoms with E-state index in [1.165, 1.54) is 12.1 Å². The van der Waals surface area contributed by atoms with Crippen LogP contribution in [0.15, 0.2) is 36.4 Å². The lowest BCUT2D eigenvalue weighted by Gasteiger charge is -2.36. The Morgan fingerprint density at radius 2 is 1.81 bits per heavy atom. The van der Waals surface area contributed by atoms with Crippen LogP contribution in [-0.2, 0) is 0 Å². The summed E-state index contributed by atoms with van der Waals surface area (Å²) in [6, 6.07) is 5.90. The standard InChI is InChI=1S/C17H22F4N2O.2ClH/c1-12(2)11-14(23-9-7-22-8-10-23)13-5-3-4-6-15(13)24-17(20,21)16(18)19;;/h3-6,14,16,22H,1,7-11H2,2H3;2*1H/t14-;;/m1../s1. The highest BCUT2D eigenvalue weighted by Gasteiger charge is 2.44. The van der Waals surface area contributed by atoms with Gasteiger partial charge in [-0.3, -0.25) is 4.90 Å². The Morgan fingerprint density at radius 3 is 2.35 bits per heavy atom. The third-order valence-corrected chi connectivity index (χ3v) is 3.91. The second-order valence-corrected chi connectivity index (χ2v) is 5.97. The fourth-order valence-corrected chi connectivity index (χ4v) is 2.80. The number of nitrogens with zero attached hydrogens (tertiary/aromatic N) is 1. The van der Waals surface area contributed by atoms with Crippen LogP contribution in [0.1, 0.15) is 24.9 Å². The second kappa shape index (κ2) is 11.0. The van der Waals surface area contributed by atoms with Crippen LogP contribution in [0.3, 0.4) is 0 Å². The molecule has 1 aliphatic heterocycles. The van der Waals surface area contributed by atoms with Gasteiger partial charge < -0.3 is 10.1 Å². The van der Waals surface area contributed by atoms with Crippen molar-refractivity contribution in [1.29, 1.82) is 0 Å². The van der Waals surface area contributed by atoms with Crippen LogP contribution in [0, 0.1) is 0 Å². The lowest BCUT2D eigenvalue weighted by Crippen LogP contribution is -2.45. The Balaban J connectivity index is 0.00000312. The zero-order valence-corrected chi connectivity index (χ0v) is 16.0. The summed E-state index contributed by atoms with van der Waals surface area (Å²) in [6.45, 7) is 8.78. The van der Waals surface area contributed by atoms with Gasteiger partial charge in [0.05, 0.1) is 0 Å². The van der Waals surface area contributed by atoms with Crippen LogP contribution in [0.25, 0.3) is 0 Å². The summed E-state index contributed by atoms with van der Waals surface area (Å²) < 4.78 is 56.1. The fraction of sp³-hybridized carbons (Fsp3) is 0.529. The number of benzene rings is 1. The van der Waals surface area contributed by atoms with Gasteiger partial charge in [-0.2, -0.15) is 17.6 Å². The van der Waals surface area contributed by atoms with Crippen molar-refractivity contribution in [2.45, 2.75) is 31.9 Å². The summed E-state index contributed by atoms with van der Waals surface area (Å²) in [4.78, 5) is 2.13. The molecule has 0 bridgehead atoms. The van der Waals surface area contributed by atoms with E-state index in [9.17, 15) is 17.6 Å². The van der Waals surface area contributed by atoms with E-state index in [0.717, 1.165) is 31.8 Å². The van der Waals surface area contributed by atoms with Crippen molar-refractivity contribution in [3.63, 3.8) is 0 Å². The average molecular weight is 419 g/mol. The van der Waals surface area contributed by atoms with Gasteiger partial charge in [-0.1, -0.05) is 23.8 Å². The van der Waals surface area contributed by atoms with Crippen molar-refractivity contribution in [3.05, 3.63) is 42.0 Å². The molecule has 0 unspecified atom stereocenters. The molecule has 0 aliphatic carbocycles. The average Bonchev–Trinajstić information content (AvgIpc) is 2.53. The summed E-state index contributed by atoms with van der Waals surface area (Å²) in [7, 11) is 0. The highest BCUT2D eigenvalue weighted by Crippen LogP contribution is 2.37. The van der Waals surface area contributed by atoms with Crippen molar-refractivity contribution < 1.29 is 22.3 Å². The lowest BCUT2D eigenvalue weighted by atomic mass is 9.97. The van der Waals surface area contributed by atoms with Crippen LogP contribution in [0.5, 0.6) is 5.75 Å². The van der Waals surface area contributed by atoms with Crippen LogP contribution in [0.4, 0.5) is 17.6 Å². The van der Waals surface area contributed by atoms with Crippen molar-refractivity contribution in [2.75, 3.05) is 26.2 Å². The van der Waals surface area contributed by atoms with Crippen LogP contribution in [-0.4, -0.2) is 43.6 Å². The van der Waals surface area contributed by atoms with Gasteiger partial charge in [-0.25, -0.2) is 0 Å². The number of rotatable bonds is 7. The first-order valence-corrected chi connectivity index (χ1v) is 7.84. The summed E-state index contributed by atoms with van der Waals surface area (Å²) >= 11 is 0. The molecule has 1 saturated heterocycles. The normalized spacial score (nSPS) is 16.4. The molecule has 1 fully saturated rings. The molecule has 1 aliphatic rings. The Bertz CT molecular complexity index is 569. The Hall–Kier alpha value is -1.02. The molecule has 26 heavy (non-hydrogen) atoms. The maximum absolute atomic E-state index is 13.4. The van der Waals surface area contributed by atoms with Crippen LogP contribution in [0.2, 0.25) is 0 Å². The number of ether oxygens (including phenoxy) is 1. The minimum atomic E-state index is -4.52. The van der Waals surface area contributed by atoms with Gasteiger partial charge in [0.2, 0.25) is 0 Å². The number of hydrogen-bond acceptors (Lipinski definition) is 3. The van der Waals surface area contributed by atoms with Gasteiger partial charge >= 0.3 is 12.5 Å². The monoisotopic (exact) mass is 418 g/mol. The first kappa shape index (κ1) is 25.0. The number of alkyl halides is 4. The van der Waals surface area contributed by atoms with Gasteiger partial charge in [-0.15, -0.1) is 31.4 Å². The zero-order chi connectivity index (χ0) is 17.7. The topological polar surface area (TPSA) is 24.5 Å². The predicted octanol–water partition coefficient (Wildman–Crippen LogP) is 4.68. The Labute approximate surface area is 163 Å². The molecule has 1 aromatic rings. The van der Waals surface area contributed by atoms with Crippen molar-refractivity contribution in [2.24, 2.45) is 0 Å². The van der Waals surface area contributed by atoms with E-state index in [2.05, 4.69) is 21.5 Å². The lowest BCUT2D eigenvalue weighted by molar-refractivity contribution is -0.253. The molecule has 1 atom stereocenters. The molecule has 2 rings (SSSR count). The molecule has 9 heteroatoms. The quantitative estimate of drug-likeness (QED) is 0.513. The van der Waals surface area contributed by atoms with E-state index in [1.807, 2.05) is 6.92 Å². The zero-order valence-electron chi connectivity index (χ0n) is 14.4. The van der Waals surface area contributed by atoms with E-state index < -0.39 is 12.5 Å². The van der Waals surface area contributed by atoms with Crippen molar-refractivity contribution in [3.8, 4) is 5.75 Å². The molecule has 0 amide bonds.